The summed E-state index contributed by atoms with van der Waals surface area (Å²) >= 11 is 0. The van der Waals surface area contributed by atoms with Crippen LogP contribution >= 0.6 is 0 Å². The number of methoxy groups -OCH3 is 2. The van der Waals surface area contributed by atoms with Crippen molar-refractivity contribution in [3.8, 4) is 22.8 Å². The molecule has 2 aromatic carbocycles. The van der Waals surface area contributed by atoms with E-state index in [1.807, 2.05) is 12.1 Å². The summed E-state index contributed by atoms with van der Waals surface area (Å²) in [4.78, 5) is 3.57. The summed E-state index contributed by atoms with van der Waals surface area (Å²) < 4.78 is 10.9. The largest absolute Gasteiger partial charge is 0.497 e. The van der Waals surface area contributed by atoms with Gasteiger partial charge in [-0.2, -0.15) is 0 Å². The van der Waals surface area contributed by atoms with E-state index in [0.717, 1.165) is 54.1 Å². The van der Waals surface area contributed by atoms with Gasteiger partial charge in [0.1, 0.15) is 11.5 Å². The van der Waals surface area contributed by atoms with Crippen LogP contribution in [0.3, 0.4) is 0 Å². The molecule has 0 saturated carbocycles. The van der Waals surface area contributed by atoms with Gasteiger partial charge < -0.3 is 20.2 Å². The van der Waals surface area contributed by atoms with Gasteiger partial charge in [0.25, 0.3) is 0 Å². The number of nitrogens with one attached hydrogen (secondary N) is 1. The lowest BCUT2D eigenvalue weighted by molar-refractivity contribution is 0.395. The number of hydrogen-bond acceptors (Lipinski definition) is 3. The van der Waals surface area contributed by atoms with Gasteiger partial charge in [-0.15, -0.1) is 0 Å². The number of hydrogen-bond donors (Lipinski definition) is 2. The van der Waals surface area contributed by atoms with E-state index >= 15 is 0 Å². The molecular weight excluding hydrogens is 300 g/mol. The van der Waals surface area contributed by atoms with E-state index < -0.39 is 0 Å². The molecule has 24 heavy (non-hydrogen) atoms. The van der Waals surface area contributed by atoms with Crippen LogP contribution in [0.15, 0.2) is 42.5 Å². The van der Waals surface area contributed by atoms with Gasteiger partial charge in [0, 0.05) is 22.5 Å². The fourth-order valence-corrected chi connectivity index (χ4v) is 3.14. The molecule has 0 aliphatic heterocycles. The summed E-state index contributed by atoms with van der Waals surface area (Å²) in [6.45, 7) is 0.726. The Kier molecular flexibility index (Phi) is 5.06. The molecule has 3 aromatic rings. The normalized spacial score (nSPS) is 11.0. The number of fused-ring (bicyclic) bond motifs is 1. The Bertz CT molecular complexity index is 824. The van der Waals surface area contributed by atoms with Crippen LogP contribution in [0.2, 0.25) is 0 Å². The van der Waals surface area contributed by atoms with Gasteiger partial charge in [-0.1, -0.05) is 18.2 Å². The van der Waals surface area contributed by atoms with E-state index in [1.54, 1.807) is 14.2 Å². The smallest absolute Gasteiger partial charge is 0.131 e. The second-order valence-electron chi connectivity index (χ2n) is 5.84. The molecule has 0 aliphatic carbocycles. The Labute approximate surface area is 142 Å². The van der Waals surface area contributed by atoms with E-state index in [-0.39, 0.29) is 0 Å². The molecule has 1 aromatic heterocycles. The summed E-state index contributed by atoms with van der Waals surface area (Å²) in [5.41, 5.74) is 10.3. The molecular formula is C20H24N2O2. The van der Waals surface area contributed by atoms with Crippen molar-refractivity contribution < 1.29 is 9.47 Å². The maximum atomic E-state index is 5.67. The van der Waals surface area contributed by atoms with Crippen LogP contribution in [-0.4, -0.2) is 25.7 Å². The molecule has 0 atom stereocenters. The number of para-hydroxylation sites is 1. The Morgan fingerprint density at radius 1 is 1.00 bits per heavy atom. The quantitative estimate of drug-likeness (QED) is 0.642. The third-order valence-corrected chi connectivity index (χ3v) is 4.37. The lowest BCUT2D eigenvalue weighted by Gasteiger charge is -2.11. The first-order chi connectivity index (χ1) is 11.8. The van der Waals surface area contributed by atoms with Crippen molar-refractivity contribution in [3.63, 3.8) is 0 Å². The van der Waals surface area contributed by atoms with Crippen LogP contribution in [-0.2, 0) is 6.42 Å². The van der Waals surface area contributed by atoms with Crippen LogP contribution in [0.25, 0.3) is 22.2 Å². The third kappa shape index (κ3) is 3.10. The highest BCUT2D eigenvalue weighted by molar-refractivity contribution is 5.92. The molecule has 0 spiro atoms. The molecule has 126 valence electrons. The summed E-state index contributed by atoms with van der Waals surface area (Å²) in [6, 6.07) is 14.4. The number of rotatable bonds is 7. The highest BCUT2D eigenvalue weighted by atomic mass is 16.5. The van der Waals surface area contributed by atoms with E-state index in [2.05, 4.69) is 35.3 Å². The minimum absolute atomic E-state index is 0.726. The molecule has 3 rings (SSSR count). The zero-order chi connectivity index (χ0) is 16.9. The summed E-state index contributed by atoms with van der Waals surface area (Å²) in [5.74, 6) is 1.59. The van der Waals surface area contributed by atoms with Gasteiger partial charge in [0.2, 0.25) is 0 Å². The van der Waals surface area contributed by atoms with Crippen molar-refractivity contribution in [2.45, 2.75) is 19.3 Å². The number of nitrogens with two attached hydrogens (primary N) is 1. The Morgan fingerprint density at radius 2 is 1.83 bits per heavy atom. The highest BCUT2D eigenvalue weighted by Crippen LogP contribution is 2.38. The van der Waals surface area contributed by atoms with Gasteiger partial charge >= 0.3 is 0 Å². The number of H-pyrrole nitrogens is 1. The molecule has 3 N–H and O–H groups in total. The molecule has 0 amide bonds. The molecule has 0 aliphatic rings. The standard InChI is InChI=1S/C20H24N2O2/c1-23-14-10-11-17(19(13-14)24-2)20-16(8-5-6-12-21)15-7-3-4-9-18(15)22-20/h3-4,7,9-11,13,22H,5-6,8,12,21H2,1-2H3. The predicted molar refractivity (Wildman–Crippen MR) is 98.8 cm³/mol. The minimum Gasteiger partial charge on any atom is -0.497 e. The van der Waals surface area contributed by atoms with Crippen LogP contribution < -0.4 is 15.2 Å². The number of ether oxygens (including phenoxy) is 2. The van der Waals surface area contributed by atoms with Gasteiger partial charge in [-0.3, -0.25) is 0 Å². The maximum absolute atomic E-state index is 5.67. The first kappa shape index (κ1) is 16.4. The van der Waals surface area contributed by atoms with Crippen LogP contribution in [0.4, 0.5) is 0 Å². The van der Waals surface area contributed by atoms with Crippen molar-refractivity contribution >= 4 is 10.9 Å². The van der Waals surface area contributed by atoms with Gasteiger partial charge in [-0.25, -0.2) is 0 Å². The van der Waals surface area contributed by atoms with Crippen molar-refractivity contribution in [2.75, 3.05) is 20.8 Å². The first-order valence-electron chi connectivity index (χ1n) is 8.30. The number of benzene rings is 2. The van der Waals surface area contributed by atoms with E-state index in [0.29, 0.717) is 0 Å². The third-order valence-electron chi connectivity index (χ3n) is 4.37. The zero-order valence-corrected chi connectivity index (χ0v) is 14.3. The van der Waals surface area contributed by atoms with Crippen LogP contribution in [0.5, 0.6) is 11.5 Å². The maximum Gasteiger partial charge on any atom is 0.131 e. The van der Waals surface area contributed by atoms with Crippen molar-refractivity contribution in [3.05, 3.63) is 48.0 Å². The van der Waals surface area contributed by atoms with Crippen molar-refractivity contribution in [1.29, 1.82) is 0 Å². The number of aromatic nitrogens is 1. The SMILES string of the molecule is COc1ccc(-c2[nH]c3ccccc3c2CCCCN)c(OC)c1. The molecule has 0 fully saturated rings. The summed E-state index contributed by atoms with van der Waals surface area (Å²) in [5, 5.41) is 1.27. The van der Waals surface area contributed by atoms with Crippen molar-refractivity contribution in [2.24, 2.45) is 5.73 Å². The van der Waals surface area contributed by atoms with E-state index in [1.165, 1.54) is 10.9 Å². The molecule has 0 saturated heterocycles. The molecule has 1 heterocycles. The fraction of sp³-hybridized carbons (Fsp3) is 0.300. The molecule has 4 nitrogen and oxygen atoms in total. The number of aromatic amines is 1. The average Bonchev–Trinajstić information content (AvgIpc) is 3.00. The summed E-state index contributed by atoms with van der Waals surface area (Å²) in [6.07, 6.45) is 3.09. The molecule has 0 radical (unpaired) electrons. The highest BCUT2D eigenvalue weighted by Gasteiger charge is 2.16. The Balaban J connectivity index is 2.12. The monoisotopic (exact) mass is 324 g/mol. The predicted octanol–water partition coefficient (Wildman–Crippen LogP) is 4.13. The second kappa shape index (κ2) is 7.41. The fourth-order valence-electron chi connectivity index (χ4n) is 3.14. The lowest BCUT2D eigenvalue weighted by atomic mass is 9.99. The van der Waals surface area contributed by atoms with Gasteiger partial charge in [0.15, 0.2) is 0 Å². The first-order valence-corrected chi connectivity index (χ1v) is 8.30. The minimum atomic E-state index is 0.726. The van der Waals surface area contributed by atoms with E-state index in [9.17, 15) is 0 Å². The Hall–Kier alpha value is -2.46. The number of unbranched alkanes of at least 4 members (excludes halogenated alkanes) is 1. The molecule has 0 unspecified atom stereocenters. The average molecular weight is 324 g/mol. The van der Waals surface area contributed by atoms with E-state index in [4.69, 9.17) is 15.2 Å². The van der Waals surface area contributed by atoms with Gasteiger partial charge in [-0.05, 0) is 49.6 Å². The van der Waals surface area contributed by atoms with Gasteiger partial charge in [0.05, 0.1) is 19.9 Å². The van der Waals surface area contributed by atoms with Crippen molar-refractivity contribution in [1.82, 2.24) is 4.98 Å². The second-order valence-corrected chi connectivity index (χ2v) is 5.84. The lowest BCUT2D eigenvalue weighted by Crippen LogP contribution is -1.99. The zero-order valence-electron chi connectivity index (χ0n) is 14.3. The summed E-state index contributed by atoms with van der Waals surface area (Å²) in [7, 11) is 3.35. The molecule has 4 heteroatoms. The Morgan fingerprint density at radius 3 is 2.58 bits per heavy atom. The number of aryl methyl sites for hydroxylation is 1. The molecule has 0 bridgehead atoms. The van der Waals surface area contributed by atoms with Crippen LogP contribution in [0.1, 0.15) is 18.4 Å². The van der Waals surface area contributed by atoms with Crippen LogP contribution in [0, 0.1) is 0 Å². The topological polar surface area (TPSA) is 60.3 Å².